The van der Waals surface area contributed by atoms with Gasteiger partial charge in [0.25, 0.3) is 5.91 Å². The molecule has 1 N–H and O–H groups in total. The number of amides is 2. The lowest BCUT2D eigenvalue weighted by Crippen LogP contribution is -2.53. The van der Waals surface area contributed by atoms with Crippen LogP contribution in [-0.4, -0.2) is 45.2 Å². The highest BCUT2D eigenvalue weighted by atomic mass is 16.5. The topological polar surface area (TPSA) is 76.5 Å². The minimum absolute atomic E-state index is 0.0704. The number of morpholine rings is 1. The molecule has 2 heterocycles. The number of aryl methyl sites for hydroxylation is 2. The third-order valence-electron chi connectivity index (χ3n) is 5.67. The molecule has 7 nitrogen and oxygen atoms in total. The van der Waals surface area contributed by atoms with Gasteiger partial charge < -0.3 is 15.0 Å². The van der Waals surface area contributed by atoms with E-state index in [1.54, 1.807) is 0 Å². The maximum absolute atomic E-state index is 13.5. The van der Waals surface area contributed by atoms with Gasteiger partial charge in [-0.3, -0.25) is 14.3 Å². The predicted molar refractivity (Wildman–Crippen MR) is 103 cm³/mol. The van der Waals surface area contributed by atoms with E-state index in [9.17, 15) is 9.59 Å². The summed E-state index contributed by atoms with van der Waals surface area (Å²) < 4.78 is 7.61. The summed E-state index contributed by atoms with van der Waals surface area (Å²) >= 11 is 0. The van der Waals surface area contributed by atoms with Crippen LogP contribution in [0, 0.1) is 13.8 Å². The fourth-order valence-corrected chi connectivity index (χ4v) is 3.84. The Morgan fingerprint density at radius 2 is 2.00 bits per heavy atom. The molecule has 2 aliphatic rings. The van der Waals surface area contributed by atoms with Crippen molar-refractivity contribution in [3.8, 4) is 0 Å². The van der Waals surface area contributed by atoms with E-state index in [1.165, 1.54) is 0 Å². The SMILES string of the molecule is Cc1nn(C)c(C)c1CN(C(=O)C1OCC(=O)NC1c1ccccc1)C1CC1. The molecule has 2 atom stereocenters. The molecule has 1 saturated carbocycles. The summed E-state index contributed by atoms with van der Waals surface area (Å²) in [6.07, 6.45) is 1.27. The van der Waals surface area contributed by atoms with Gasteiger partial charge in [-0.2, -0.15) is 5.10 Å². The predicted octanol–water partition coefficient (Wildman–Crippen LogP) is 1.78. The lowest BCUT2D eigenvalue weighted by Gasteiger charge is -2.35. The Morgan fingerprint density at radius 3 is 2.61 bits per heavy atom. The molecule has 1 aliphatic carbocycles. The number of carbonyl (C=O) groups is 2. The minimum atomic E-state index is -0.724. The van der Waals surface area contributed by atoms with Gasteiger partial charge in [0.15, 0.2) is 6.10 Å². The fourth-order valence-electron chi connectivity index (χ4n) is 3.84. The van der Waals surface area contributed by atoms with Gasteiger partial charge in [0.2, 0.25) is 5.91 Å². The van der Waals surface area contributed by atoms with Crippen molar-refractivity contribution >= 4 is 11.8 Å². The van der Waals surface area contributed by atoms with Crippen LogP contribution in [0.25, 0.3) is 0 Å². The molecule has 2 unspecified atom stereocenters. The average molecular weight is 382 g/mol. The second-order valence-electron chi connectivity index (χ2n) is 7.66. The highest BCUT2D eigenvalue weighted by molar-refractivity contribution is 5.86. The average Bonchev–Trinajstić information content (AvgIpc) is 3.49. The Bertz CT molecular complexity index is 889. The van der Waals surface area contributed by atoms with Crippen LogP contribution in [0.3, 0.4) is 0 Å². The summed E-state index contributed by atoms with van der Waals surface area (Å²) in [4.78, 5) is 27.4. The first-order valence-corrected chi connectivity index (χ1v) is 9.71. The highest BCUT2D eigenvalue weighted by Gasteiger charge is 2.42. The van der Waals surface area contributed by atoms with Crippen molar-refractivity contribution in [1.82, 2.24) is 20.0 Å². The number of aromatic nitrogens is 2. The molecule has 1 aliphatic heterocycles. The first-order valence-electron chi connectivity index (χ1n) is 9.71. The van der Waals surface area contributed by atoms with Crippen LogP contribution in [-0.2, 0) is 27.9 Å². The van der Waals surface area contributed by atoms with Crippen LogP contribution in [0.1, 0.15) is 41.4 Å². The number of ether oxygens (including phenoxy) is 1. The molecule has 0 radical (unpaired) electrons. The molecule has 1 saturated heterocycles. The normalized spacial score (nSPS) is 22.0. The summed E-state index contributed by atoms with van der Waals surface area (Å²) in [7, 11) is 1.92. The lowest BCUT2D eigenvalue weighted by molar-refractivity contribution is -0.156. The standard InChI is InChI=1S/C21H26N4O3/c1-13-17(14(2)24(3)23-13)11-25(16-9-10-16)21(27)20-19(22-18(26)12-28-20)15-7-5-4-6-8-15/h4-8,16,19-20H,9-12H2,1-3H3,(H,22,26). The lowest BCUT2D eigenvalue weighted by atomic mass is 9.98. The molecular formula is C21H26N4O3. The van der Waals surface area contributed by atoms with E-state index in [0.717, 1.165) is 35.4 Å². The van der Waals surface area contributed by atoms with Gasteiger partial charge in [-0.25, -0.2) is 0 Å². The number of carbonyl (C=O) groups excluding carboxylic acids is 2. The van der Waals surface area contributed by atoms with E-state index in [2.05, 4.69) is 10.4 Å². The third kappa shape index (κ3) is 3.54. The van der Waals surface area contributed by atoms with Gasteiger partial charge in [-0.15, -0.1) is 0 Å². The molecule has 1 aromatic carbocycles. The number of benzene rings is 1. The molecule has 0 bridgehead atoms. The zero-order valence-corrected chi connectivity index (χ0v) is 16.5. The van der Waals surface area contributed by atoms with E-state index in [4.69, 9.17) is 4.74 Å². The van der Waals surface area contributed by atoms with Crippen LogP contribution in [0.15, 0.2) is 30.3 Å². The van der Waals surface area contributed by atoms with Crippen LogP contribution in [0.5, 0.6) is 0 Å². The quantitative estimate of drug-likeness (QED) is 0.855. The Labute approximate surface area is 164 Å². The number of hydrogen-bond donors (Lipinski definition) is 1. The molecule has 2 amide bonds. The van der Waals surface area contributed by atoms with Crippen molar-refractivity contribution in [2.45, 2.75) is 51.4 Å². The summed E-state index contributed by atoms with van der Waals surface area (Å²) in [6, 6.07) is 9.29. The van der Waals surface area contributed by atoms with Gasteiger partial charge in [0, 0.05) is 30.9 Å². The molecule has 4 rings (SSSR count). The van der Waals surface area contributed by atoms with Crippen molar-refractivity contribution in [1.29, 1.82) is 0 Å². The van der Waals surface area contributed by atoms with Gasteiger partial charge in [0.1, 0.15) is 6.61 Å². The van der Waals surface area contributed by atoms with Crippen LogP contribution in [0.2, 0.25) is 0 Å². The molecule has 2 fully saturated rings. The van der Waals surface area contributed by atoms with E-state index in [-0.39, 0.29) is 24.5 Å². The van der Waals surface area contributed by atoms with Crippen LogP contribution in [0.4, 0.5) is 0 Å². The zero-order chi connectivity index (χ0) is 19.8. The Hall–Kier alpha value is -2.67. The second-order valence-corrected chi connectivity index (χ2v) is 7.66. The Morgan fingerprint density at radius 1 is 1.29 bits per heavy atom. The largest absolute Gasteiger partial charge is 0.356 e. The van der Waals surface area contributed by atoms with E-state index in [1.807, 2.05) is 60.8 Å². The fraction of sp³-hybridized carbons (Fsp3) is 0.476. The zero-order valence-electron chi connectivity index (χ0n) is 16.5. The second kappa shape index (κ2) is 7.39. The Balaban J connectivity index is 1.61. The van der Waals surface area contributed by atoms with Crippen molar-refractivity contribution < 1.29 is 14.3 Å². The first kappa shape index (κ1) is 18.7. The maximum atomic E-state index is 13.5. The van der Waals surface area contributed by atoms with E-state index in [0.29, 0.717) is 6.54 Å². The molecular weight excluding hydrogens is 356 g/mol. The van der Waals surface area contributed by atoms with Gasteiger partial charge >= 0.3 is 0 Å². The van der Waals surface area contributed by atoms with E-state index < -0.39 is 12.1 Å². The number of rotatable bonds is 5. The Kier molecular flexibility index (Phi) is 4.93. The van der Waals surface area contributed by atoms with Gasteiger partial charge in [0.05, 0.1) is 11.7 Å². The van der Waals surface area contributed by atoms with Gasteiger partial charge in [-0.1, -0.05) is 30.3 Å². The van der Waals surface area contributed by atoms with Crippen molar-refractivity contribution in [2.75, 3.05) is 6.61 Å². The smallest absolute Gasteiger partial charge is 0.254 e. The molecule has 7 heteroatoms. The van der Waals surface area contributed by atoms with E-state index >= 15 is 0 Å². The maximum Gasteiger partial charge on any atom is 0.254 e. The third-order valence-corrected chi connectivity index (χ3v) is 5.67. The highest BCUT2D eigenvalue weighted by Crippen LogP contribution is 2.33. The molecule has 28 heavy (non-hydrogen) atoms. The van der Waals surface area contributed by atoms with Gasteiger partial charge in [-0.05, 0) is 32.3 Å². The summed E-state index contributed by atoms with van der Waals surface area (Å²) in [6.45, 7) is 4.42. The van der Waals surface area contributed by atoms with Crippen molar-refractivity contribution in [3.05, 3.63) is 52.8 Å². The minimum Gasteiger partial charge on any atom is -0.356 e. The van der Waals surface area contributed by atoms with Crippen molar-refractivity contribution in [2.24, 2.45) is 7.05 Å². The summed E-state index contributed by atoms with van der Waals surface area (Å²) in [5.41, 5.74) is 3.96. The molecule has 148 valence electrons. The number of nitrogens with zero attached hydrogens (tertiary/aromatic N) is 3. The number of nitrogens with one attached hydrogen (secondary N) is 1. The summed E-state index contributed by atoms with van der Waals surface area (Å²) in [5, 5.41) is 7.42. The first-order chi connectivity index (χ1) is 13.5. The molecule has 1 aromatic heterocycles. The van der Waals surface area contributed by atoms with Crippen molar-refractivity contribution in [3.63, 3.8) is 0 Å². The molecule has 2 aromatic rings. The van der Waals surface area contributed by atoms with Crippen LogP contribution >= 0.6 is 0 Å². The van der Waals surface area contributed by atoms with Crippen LogP contribution < -0.4 is 5.32 Å². The molecule has 0 spiro atoms. The summed E-state index contributed by atoms with van der Waals surface area (Å²) in [5.74, 6) is -0.270. The number of hydrogen-bond acceptors (Lipinski definition) is 4. The monoisotopic (exact) mass is 382 g/mol.